The monoisotopic (exact) mass is 280 g/mol. The molecule has 2 heterocycles. The van der Waals surface area contributed by atoms with Crippen molar-refractivity contribution in [1.29, 1.82) is 0 Å². The van der Waals surface area contributed by atoms with Crippen molar-refractivity contribution in [3.8, 4) is 0 Å². The highest BCUT2D eigenvalue weighted by Gasteiger charge is 2.35. The van der Waals surface area contributed by atoms with E-state index in [-0.39, 0.29) is 36.1 Å². The maximum atomic E-state index is 11.9. The lowest BCUT2D eigenvalue weighted by Crippen LogP contribution is -2.40. The maximum Gasteiger partial charge on any atom is 0.227 e. The van der Waals surface area contributed by atoms with Crippen molar-refractivity contribution in [2.45, 2.75) is 19.9 Å². The van der Waals surface area contributed by atoms with Crippen molar-refractivity contribution >= 4 is 30.7 Å². The number of nitrogens with zero attached hydrogens (tertiary/aromatic N) is 1. The molecule has 1 aliphatic rings. The molecule has 0 radical (unpaired) electrons. The average Bonchev–Trinajstić information content (AvgIpc) is 2.85. The van der Waals surface area contributed by atoms with Crippen molar-refractivity contribution in [3.05, 3.63) is 18.2 Å². The quantitative estimate of drug-likeness (QED) is 0.770. The third kappa shape index (κ3) is 3.87. The first kappa shape index (κ1) is 16.2. The predicted molar refractivity (Wildman–Crippen MR) is 70.5 cm³/mol. The van der Waals surface area contributed by atoms with Crippen LogP contribution in [0.5, 0.6) is 0 Å². The van der Waals surface area contributed by atoms with Crippen LogP contribution in [0.25, 0.3) is 0 Å². The lowest BCUT2D eigenvalue weighted by atomic mass is 9.89. The molecule has 1 amide bonds. The van der Waals surface area contributed by atoms with Gasteiger partial charge in [0.05, 0.1) is 12.0 Å². The van der Waals surface area contributed by atoms with E-state index in [9.17, 15) is 4.79 Å². The van der Waals surface area contributed by atoms with Gasteiger partial charge in [-0.2, -0.15) is 0 Å². The largest absolute Gasteiger partial charge is 0.348 e. The fraction of sp³-hybridized carbons (Fsp3) is 0.600. The second-order valence-corrected chi connectivity index (χ2v) is 4.21. The van der Waals surface area contributed by atoms with Gasteiger partial charge >= 0.3 is 0 Å². The molecule has 1 unspecified atom stereocenters. The van der Waals surface area contributed by atoms with E-state index in [1.54, 1.807) is 12.4 Å². The van der Waals surface area contributed by atoms with Gasteiger partial charge in [-0.15, -0.1) is 24.8 Å². The molecule has 0 aromatic carbocycles. The number of nitrogens with one attached hydrogen (secondary N) is 3. The van der Waals surface area contributed by atoms with Crippen molar-refractivity contribution in [1.82, 2.24) is 20.6 Å². The number of H-pyrrole nitrogens is 1. The molecule has 0 spiro atoms. The summed E-state index contributed by atoms with van der Waals surface area (Å²) in [5.74, 6) is 0.891. The summed E-state index contributed by atoms with van der Waals surface area (Å²) < 4.78 is 0. The number of carbonyl (C=O) groups excluding carboxylic acids is 1. The number of carbonyl (C=O) groups is 1. The van der Waals surface area contributed by atoms with Crippen LogP contribution < -0.4 is 10.6 Å². The highest BCUT2D eigenvalue weighted by atomic mass is 35.5. The van der Waals surface area contributed by atoms with E-state index in [1.807, 2.05) is 6.92 Å². The first-order valence-corrected chi connectivity index (χ1v) is 5.18. The van der Waals surface area contributed by atoms with Crippen LogP contribution in [0.3, 0.4) is 0 Å². The third-order valence-electron chi connectivity index (χ3n) is 2.89. The SMILES string of the molecule is CC1(C(=O)NCc2ncc[nH]2)CCNC1.Cl.Cl. The summed E-state index contributed by atoms with van der Waals surface area (Å²) in [4.78, 5) is 18.9. The van der Waals surface area contributed by atoms with Crippen LogP contribution in [0, 0.1) is 5.41 Å². The Bertz CT molecular complexity index is 336. The van der Waals surface area contributed by atoms with Gasteiger partial charge in [0.25, 0.3) is 0 Å². The fourth-order valence-corrected chi connectivity index (χ4v) is 1.78. The Hall–Kier alpha value is -0.780. The Kier molecular flexibility index (Phi) is 6.52. The summed E-state index contributed by atoms with van der Waals surface area (Å²) in [6.45, 7) is 4.15. The van der Waals surface area contributed by atoms with E-state index in [0.29, 0.717) is 6.54 Å². The van der Waals surface area contributed by atoms with Gasteiger partial charge in [0.2, 0.25) is 5.91 Å². The lowest BCUT2D eigenvalue weighted by Gasteiger charge is -2.20. The predicted octanol–water partition coefficient (Wildman–Crippen LogP) is 0.869. The fourth-order valence-electron chi connectivity index (χ4n) is 1.78. The summed E-state index contributed by atoms with van der Waals surface area (Å²) in [5.41, 5.74) is -0.257. The van der Waals surface area contributed by atoms with Gasteiger partial charge in [-0.3, -0.25) is 4.79 Å². The number of hydrogen-bond donors (Lipinski definition) is 3. The van der Waals surface area contributed by atoms with Crippen LogP contribution in [0.2, 0.25) is 0 Å². The average molecular weight is 281 g/mol. The second kappa shape index (κ2) is 6.83. The van der Waals surface area contributed by atoms with Gasteiger partial charge in [0.1, 0.15) is 5.82 Å². The molecule has 98 valence electrons. The zero-order valence-corrected chi connectivity index (χ0v) is 11.3. The molecule has 1 fully saturated rings. The summed E-state index contributed by atoms with van der Waals surface area (Å²) in [7, 11) is 0. The molecule has 0 bridgehead atoms. The Morgan fingerprint density at radius 1 is 1.59 bits per heavy atom. The van der Waals surface area contributed by atoms with Gasteiger partial charge in [-0.25, -0.2) is 4.98 Å². The van der Waals surface area contributed by atoms with E-state index in [0.717, 1.165) is 25.3 Å². The van der Waals surface area contributed by atoms with Gasteiger partial charge in [-0.05, 0) is 19.9 Å². The van der Waals surface area contributed by atoms with Crippen LogP contribution in [0.1, 0.15) is 19.2 Å². The van der Waals surface area contributed by atoms with Crippen molar-refractivity contribution < 1.29 is 4.79 Å². The first-order valence-electron chi connectivity index (χ1n) is 5.18. The minimum absolute atomic E-state index is 0. The van der Waals surface area contributed by atoms with E-state index < -0.39 is 0 Å². The second-order valence-electron chi connectivity index (χ2n) is 4.21. The number of imidazole rings is 1. The van der Waals surface area contributed by atoms with Crippen LogP contribution in [-0.2, 0) is 11.3 Å². The Morgan fingerprint density at radius 3 is 2.88 bits per heavy atom. The number of amides is 1. The molecule has 1 aromatic rings. The third-order valence-corrected chi connectivity index (χ3v) is 2.89. The minimum Gasteiger partial charge on any atom is -0.348 e. The van der Waals surface area contributed by atoms with Gasteiger partial charge < -0.3 is 15.6 Å². The lowest BCUT2D eigenvalue weighted by molar-refractivity contribution is -0.129. The molecule has 5 nitrogen and oxygen atoms in total. The molecule has 17 heavy (non-hydrogen) atoms. The summed E-state index contributed by atoms with van der Waals surface area (Å²) in [5, 5.41) is 6.10. The molecular formula is C10H18Cl2N4O. The Morgan fingerprint density at radius 2 is 2.35 bits per heavy atom. The van der Waals surface area contributed by atoms with E-state index in [4.69, 9.17) is 0 Å². The number of rotatable bonds is 3. The molecule has 0 aliphatic carbocycles. The van der Waals surface area contributed by atoms with Crippen molar-refractivity contribution in [2.75, 3.05) is 13.1 Å². The molecule has 1 aromatic heterocycles. The Labute approximate surface area is 113 Å². The molecule has 3 N–H and O–H groups in total. The minimum atomic E-state index is -0.257. The normalized spacial score (nSPS) is 22.4. The molecular weight excluding hydrogens is 263 g/mol. The van der Waals surface area contributed by atoms with Crippen LogP contribution in [-0.4, -0.2) is 29.0 Å². The highest BCUT2D eigenvalue weighted by molar-refractivity contribution is 5.85. The van der Waals surface area contributed by atoms with Gasteiger partial charge in [0, 0.05) is 18.9 Å². The molecule has 2 rings (SSSR count). The zero-order valence-electron chi connectivity index (χ0n) is 9.66. The molecule has 1 aliphatic heterocycles. The van der Waals surface area contributed by atoms with Gasteiger partial charge in [0.15, 0.2) is 0 Å². The zero-order chi connectivity index (χ0) is 10.7. The number of hydrogen-bond acceptors (Lipinski definition) is 3. The standard InChI is InChI=1S/C10H16N4O.2ClH/c1-10(2-3-11-7-10)9(15)14-6-8-12-4-5-13-8;;/h4-5,11H,2-3,6-7H2,1H3,(H,12,13)(H,14,15);2*1H. The Balaban J connectivity index is 0.00000128. The smallest absolute Gasteiger partial charge is 0.227 e. The molecule has 1 saturated heterocycles. The van der Waals surface area contributed by atoms with Crippen molar-refractivity contribution in [2.24, 2.45) is 5.41 Å². The molecule has 7 heteroatoms. The van der Waals surface area contributed by atoms with E-state index in [1.165, 1.54) is 0 Å². The first-order chi connectivity index (χ1) is 7.21. The van der Waals surface area contributed by atoms with E-state index >= 15 is 0 Å². The summed E-state index contributed by atoms with van der Waals surface area (Å²) in [6.07, 6.45) is 4.33. The van der Waals surface area contributed by atoms with Crippen LogP contribution >= 0.6 is 24.8 Å². The maximum absolute atomic E-state index is 11.9. The summed E-state index contributed by atoms with van der Waals surface area (Å²) in [6, 6.07) is 0. The number of halogens is 2. The number of aromatic amines is 1. The number of aromatic nitrogens is 2. The molecule has 0 saturated carbocycles. The van der Waals surface area contributed by atoms with Crippen LogP contribution in [0.15, 0.2) is 12.4 Å². The van der Waals surface area contributed by atoms with Crippen LogP contribution in [0.4, 0.5) is 0 Å². The van der Waals surface area contributed by atoms with Gasteiger partial charge in [-0.1, -0.05) is 0 Å². The highest BCUT2D eigenvalue weighted by Crippen LogP contribution is 2.24. The van der Waals surface area contributed by atoms with Crippen molar-refractivity contribution in [3.63, 3.8) is 0 Å². The van der Waals surface area contributed by atoms with E-state index in [2.05, 4.69) is 20.6 Å². The summed E-state index contributed by atoms with van der Waals surface area (Å²) >= 11 is 0. The molecule has 1 atom stereocenters. The topological polar surface area (TPSA) is 69.8 Å².